The normalized spacial score (nSPS) is 25.9. The summed E-state index contributed by atoms with van der Waals surface area (Å²) in [4.78, 5) is 4.64. The first kappa shape index (κ1) is 9.45. The van der Waals surface area contributed by atoms with Crippen molar-refractivity contribution in [2.45, 2.75) is 33.2 Å². The van der Waals surface area contributed by atoms with Gasteiger partial charge in [0.05, 0.1) is 5.71 Å². The second-order valence-electron chi connectivity index (χ2n) is 5.15. The molecular weight excluding hydrogens is 170 g/mol. The number of nitrogens with zero attached hydrogens (tertiary/aromatic N) is 1. The molecule has 1 aliphatic rings. The van der Waals surface area contributed by atoms with Crippen LogP contribution in [0.25, 0.3) is 0 Å². The van der Waals surface area contributed by atoms with Gasteiger partial charge in [-0.3, -0.25) is 4.99 Å². The quantitative estimate of drug-likeness (QED) is 0.639. The minimum atomic E-state index is -0.0144. The minimum Gasteiger partial charge on any atom is -0.273 e. The average Bonchev–Trinajstić information content (AvgIpc) is 2.81. The molecule has 1 aromatic carbocycles. The zero-order valence-electron chi connectivity index (χ0n) is 9.33. The number of benzene rings is 1. The van der Waals surface area contributed by atoms with Crippen molar-refractivity contribution in [3.05, 3.63) is 35.9 Å². The van der Waals surface area contributed by atoms with Gasteiger partial charge in [0, 0.05) is 5.41 Å². The Bertz CT molecular complexity index is 370. The molecule has 0 aromatic heterocycles. The van der Waals surface area contributed by atoms with Crippen LogP contribution in [0.5, 0.6) is 0 Å². The molecule has 74 valence electrons. The third-order valence-corrected chi connectivity index (χ3v) is 2.79. The van der Waals surface area contributed by atoms with Crippen molar-refractivity contribution < 1.29 is 0 Å². The van der Waals surface area contributed by atoms with Crippen molar-refractivity contribution in [2.75, 3.05) is 0 Å². The largest absolute Gasteiger partial charge is 0.273 e. The zero-order chi connectivity index (χ0) is 10.4. The maximum absolute atomic E-state index is 4.64. The molecular formula is C13H17N. The average molecular weight is 187 g/mol. The topological polar surface area (TPSA) is 12.4 Å². The van der Waals surface area contributed by atoms with Crippen molar-refractivity contribution >= 4 is 5.71 Å². The molecule has 0 spiro atoms. The van der Waals surface area contributed by atoms with Gasteiger partial charge in [-0.25, -0.2) is 0 Å². The molecule has 2 rings (SSSR count). The summed E-state index contributed by atoms with van der Waals surface area (Å²) < 4.78 is 0. The molecule has 14 heavy (non-hydrogen) atoms. The van der Waals surface area contributed by atoms with Gasteiger partial charge in [-0.15, -0.1) is 0 Å². The van der Waals surface area contributed by atoms with E-state index in [1.807, 2.05) is 6.07 Å². The third kappa shape index (κ3) is 1.37. The maximum Gasteiger partial charge on any atom is 0.121 e. The number of hydrogen-bond acceptors (Lipinski definition) is 1. The lowest BCUT2D eigenvalue weighted by Gasteiger charge is -2.18. The summed E-state index contributed by atoms with van der Waals surface area (Å²) in [5, 5.41) is 0. The Labute approximate surface area is 85.9 Å². The van der Waals surface area contributed by atoms with E-state index in [-0.39, 0.29) is 11.0 Å². The van der Waals surface area contributed by atoms with Gasteiger partial charge in [0.2, 0.25) is 0 Å². The van der Waals surface area contributed by atoms with Gasteiger partial charge >= 0.3 is 0 Å². The van der Waals surface area contributed by atoms with E-state index in [4.69, 9.17) is 0 Å². The maximum atomic E-state index is 4.64. The molecule has 1 heterocycles. The molecule has 1 atom stereocenters. The number of aliphatic imine (C=N–C) groups is 1. The van der Waals surface area contributed by atoms with Gasteiger partial charge in [-0.1, -0.05) is 51.1 Å². The standard InChI is InChI=1S/C13H17N/c1-12(2,3)11-13(4,14-11)10-8-6-5-7-9-10/h5-9H,1-4H3. The zero-order valence-corrected chi connectivity index (χ0v) is 9.33. The van der Waals surface area contributed by atoms with Crippen LogP contribution in [0.1, 0.15) is 33.3 Å². The van der Waals surface area contributed by atoms with E-state index in [9.17, 15) is 0 Å². The Hall–Kier alpha value is -1.11. The van der Waals surface area contributed by atoms with E-state index >= 15 is 0 Å². The van der Waals surface area contributed by atoms with Gasteiger partial charge in [0.25, 0.3) is 0 Å². The highest BCUT2D eigenvalue weighted by Crippen LogP contribution is 2.46. The van der Waals surface area contributed by atoms with Gasteiger partial charge in [0.1, 0.15) is 5.54 Å². The molecule has 0 N–H and O–H groups in total. The summed E-state index contributed by atoms with van der Waals surface area (Å²) in [7, 11) is 0. The van der Waals surface area contributed by atoms with E-state index in [0.717, 1.165) is 0 Å². The van der Waals surface area contributed by atoms with Crippen LogP contribution in [0.15, 0.2) is 35.3 Å². The molecule has 1 unspecified atom stereocenters. The lowest BCUT2D eigenvalue weighted by molar-refractivity contribution is 0.582. The monoisotopic (exact) mass is 187 g/mol. The van der Waals surface area contributed by atoms with Crippen LogP contribution < -0.4 is 0 Å². The van der Waals surface area contributed by atoms with Crippen molar-refractivity contribution in [1.82, 2.24) is 0 Å². The second kappa shape index (κ2) is 2.69. The molecule has 0 saturated heterocycles. The summed E-state index contributed by atoms with van der Waals surface area (Å²) >= 11 is 0. The Morgan fingerprint density at radius 1 is 1.07 bits per heavy atom. The van der Waals surface area contributed by atoms with E-state index in [0.29, 0.717) is 0 Å². The Morgan fingerprint density at radius 2 is 1.64 bits per heavy atom. The highest BCUT2D eigenvalue weighted by Gasteiger charge is 2.49. The van der Waals surface area contributed by atoms with E-state index in [1.54, 1.807) is 0 Å². The molecule has 0 saturated carbocycles. The molecule has 0 amide bonds. The molecule has 1 heteroatoms. The highest BCUT2D eigenvalue weighted by molar-refractivity contribution is 6.08. The van der Waals surface area contributed by atoms with Gasteiger partial charge in [-0.2, -0.15) is 0 Å². The summed E-state index contributed by atoms with van der Waals surface area (Å²) in [6.45, 7) is 8.86. The van der Waals surface area contributed by atoms with Gasteiger partial charge in [-0.05, 0) is 12.5 Å². The lowest BCUT2D eigenvalue weighted by Crippen LogP contribution is -2.23. The highest BCUT2D eigenvalue weighted by atomic mass is 15.1. The smallest absolute Gasteiger partial charge is 0.121 e. The Morgan fingerprint density at radius 3 is 2.07 bits per heavy atom. The fourth-order valence-corrected chi connectivity index (χ4v) is 2.06. The summed E-state index contributed by atoms with van der Waals surface area (Å²) in [6, 6.07) is 10.5. The Kier molecular flexibility index (Phi) is 1.82. The molecule has 0 bridgehead atoms. The van der Waals surface area contributed by atoms with Crippen molar-refractivity contribution in [1.29, 1.82) is 0 Å². The van der Waals surface area contributed by atoms with Crippen molar-refractivity contribution in [2.24, 2.45) is 10.4 Å². The molecule has 0 fully saturated rings. The van der Waals surface area contributed by atoms with Crippen LogP contribution in [0.2, 0.25) is 0 Å². The molecule has 0 radical (unpaired) electrons. The van der Waals surface area contributed by atoms with E-state index in [1.165, 1.54) is 11.3 Å². The van der Waals surface area contributed by atoms with Crippen LogP contribution >= 0.6 is 0 Å². The van der Waals surface area contributed by atoms with E-state index < -0.39 is 0 Å². The predicted molar refractivity (Wildman–Crippen MR) is 60.7 cm³/mol. The van der Waals surface area contributed by atoms with Crippen LogP contribution in [-0.4, -0.2) is 5.71 Å². The van der Waals surface area contributed by atoms with Crippen LogP contribution in [0.4, 0.5) is 0 Å². The first-order valence-electron chi connectivity index (χ1n) is 5.11. The fraction of sp³-hybridized carbons (Fsp3) is 0.462. The van der Waals surface area contributed by atoms with Crippen molar-refractivity contribution in [3.8, 4) is 0 Å². The predicted octanol–water partition coefficient (Wildman–Crippen LogP) is 3.40. The van der Waals surface area contributed by atoms with Crippen molar-refractivity contribution in [3.63, 3.8) is 0 Å². The molecule has 1 nitrogen and oxygen atoms in total. The Balaban J connectivity index is 2.26. The number of rotatable bonds is 1. The SMILES string of the molecule is CC(C)(C)C1=NC1(C)c1ccccc1. The number of hydrogen-bond donors (Lipinski definition) is 0. The fourth-order valence-electron chi connectivity index (χ4n) is 2.06. The minimum absolute atomic E-state index is 0.0144. The molecule has 1 aliphatic heterocycles. The second-order valence-corrected chi connectivity index (χ2v) is 5.15. The summed E-state index contributed by atoms with van der Waals surface area (Å²) in [5.74, 6) is 0. The molecule has 0 aliphatic carbocycles. The first-order chi connectivity index (χ1) is 6.44. The summed E-state index contributed by atoms with van der Waals surface area (Å²) in [6.07, 6.45) is 0. The van der Waals surface area contributed by atoms with Gasteiger partial charge in [0.15, 0.2) is 0 Å². The summed E-state index contributed by atoms with van der Waals surface area (Å²) in [5.41, 5.74) is 2.81. The van der Waals surface area contributed by atoms with Gasteiger partial charge < -0.3 is 0 Å². The van der Waals surface area contributed by atoms with Crippen LogP contribution in [-0.2, 0) is 5.54 Å². The lowest BCUT2D eigenvalue weighted by atomic mass is 9.82. The van der Waals surface area contributed by atoms with E-state index in [2.05, 4.69) is 57.0 Å². The third-order valence-electron chi connectivity index (χ3n) is 2.79. The van der Waals surface area contributed by atoms with Crippen LogP contribution in [0.3, 0.4) is 0 Å². The van der Waals surface area contributed by atoms with Crippen LogP contribution in [0, 0.1) is 5.41 Å². The first-order valence-corrected chi connectivity index (χ1v) is 5.11. The molecule has 1 aromatic rings.